The number of anilines is 1. The minimum Gasteiger partial charge on any atom is -0.285 e. The minimum atomic E-state index is 0.824. The molecule has 3 rings (SSSR count). The maximum atomic E-state index is 6.33. The van der Waals surface area contributed by atoms with Crippen LogP contribution in [0.5, 0.6) is 0 Å². The number of hydrogen-bond donors (Lipinski definition) is 0. The molecule has 92 valence electrons. The van der Waals surface area contributed by atoms with Gasteiger partial charge in [-0.3, -0.25) is 9.41 Å². The average molecular weight is 277 g/mol. The van der Waals surface area contributed by atoms with Crippen molar-refractivity contribution in [2.24, 2.45) is 4.99 Å². The van der Waals surface area contributed by atoms with Crippen LogP contribution < -0.4 is 4.42 Å². The first kappa shape index (κ1) is 11.8. The smallest absolute Gasteiger partial charge is 0.0839 e. The van der Waals surface area contributed by atoms with Crippen LogP contribution in [0.2, 0.25) is 0 Å². The highest BCUT2D eigenvalue weighted by Gasteiger charge is 2.17. The molecule has 2 aromatic rings. The van der Waals surface area contributed by atoms with E-state index in [-0.39, 0.29) is 0 Å². The van der Waals surface area contributed by atoms with Crippen LogP contribution in [0, 0.1) is 0 Å². The van der Waals surface area contributed by atoms with Gasteiger partial charge in [0, 0.05) is 30.4 Å². The van der Waals surface area contributed by atoms with Crippen LogP contribution >= 0.6 is 23.1 Å². The fourth-order valence-corrected chi connectivity index (χ4v) is 3.13. The second-order valence-electron chi connectivity index (χ2n) is 4.16. The summed E-state index contributed by atoms with van der Waals surface area (Å²) < 4.78 is 1.80. The van der Waals surface area contributed by atoms with Gasteiger partial charge < -0.3 is 0 Å². The molecule has 2 nitrogen and oxygen atoms in total. The Labute approximate surface area is 116 Å². The molecule has 1 aromatic carbocycles. The van der Waals surface area contributed by atoms with Gasteiger partial charge in [0.05, 0.1) is 16.3 Å². The number of hydrogen-bond acceptors (Lipinski definition) is 3. The lowest BCUT2D eigenvalue weighted by Gasteiger charge is -2.22. The van der Waals surface area contributed by atoms with Gasteiger partial charge in [0.2, 0.25) is 0 Å². The zero-order valence-electron chi connectivity index (χ0n) is 9.84. The Morgan fingerprint density at radius 3 is 2.89 bits per heavy atom. The van der Waals surface area contributed by atoms with Crippen molar-refractivity contribution in [1.82, 2.24) is 0 Å². The van der Waals surface area contributed by atoms with Crippen LogP contribution in [0.1, 0.15) is 16.9 Å². The minimum absolute atomic E-state index is 0.824. The average Bonchev–Trinajstić information content (AvgIpc) is 2.90. The molecule has 0 N–H and O–H groups in total. The maximum absolute atomic E-state index is 6.33. The summed E-state index contributed by atoms with van der Waals surface area (Å²) in [7, 11) is 0. The first-order chi connectivity index (χ1) is 8.86. The van der Waals surface area contributed by atoms with E-state index in [4.69, 9.17) is 16.8 Å². The number of aliphatic imine (C=N–C) groups is 1. The maximum Gasteiger partial charge on any atom is 0.0839 e. The van der Waals surface area contributed by atoms with Crippen molar-refractivity contribution in [3.63, 3.8) is 0 Å². The van der Waals surface area contributed by atoms with E-state index >= 15 is 0 Å². The molecule has 0 fully saturated rings. The number of benzene rings is 1. The van der Waals surface area contributed by atoms with Gasteiger partial charge in [-0.25, -0.2) is 0 Å². The third kappa shape index (κ3) is 2.16. The Morgan fingerprint density at radius 2 is 2.06 bits per heavy atom. The van der Waals surface area contributed by atoms with E-state index in [1.165, 1.54) is 4.88 Å². The Balaban J connectivity index is 2.15. The van der Waals surface area contributed by atoms with Gasteiger partial charge in [0.15, 0.2) is 0 Å². The normalized spacial score (nSPS) is 18.5. The third-order valence-corrected chi connectivity index (χ3v) is 4.19. The predicted octanol–water partition coefficient (Wildman–Crippen LogP) is 3.95. The molecule has 1 aliphatic heterocycles. The van der Waals surface area contributed by atoms with Crippen LogP contribution in [0.3, 0.4) is 0 Å². The number of nitrogens with zero attached hydrogens (tertiary/aromatic N) is 2. The van der Waals surface area contributed by atoms with Crippen LogP contribution in [0.4, 0.5) is 5.69 Å². The molecule has 0 atom stereocenters. The highest BCUT2D eigenvalue weighted by molar-refractivity contribution is 7.12. The number of thiophene rings is 1. The van der Waals surface area contributed by atoms with Gasteiger partial charge in [-0.05, 0) is 23.9 Å². The predicted molar refractivity (Wildman–Crippen MR) is 79.1 cm³/mol. The topological polar surface area (TPSA) is 15.6 Å². The lowest BCUT2D eigenvalue weighted by Crippen LogP contribution is -2.19. The van der Waals surface area contributed by atoms with Gasteiger partial charge in [-0.2, -0.15) is 0 Å². The molecular weight excluding hydrogens is 264 g/mol. The highest BCUT2D eigenvalue weighted by atomic mass is 35.5. The molecule has 0 radical (unpaired) electrons. The summed E-state index contributed by atoms with van der Waals surface area (Å²) in [6.07, 6.45) is 0.979. The van der Waals surface area contributed by atoms with Crippen LogP contribution in [-0.2, 0) is 0 Å². The molecule has 2 heterocycles. The van der Waals surface area contributed by atoms with Gasteiger partial charge in [0.1, 0.15) is 0 Å². The first-order valence-corrected chi connectivity index (χ1v) is 7.19. The largest absolute Gasteiger partial charge is 0.285 e. The van der Waals surface area contributed by atoms with Gasteiger partial charge >= 0.3 is 0 Å². The Kier molecular flexibility index (Phi) is 3.35. The number of rotatable bonds is 1. The molecule has 0 amide bonds. The van der Waals surface area contributed by atoms with E-state index in [1.54, 1.807) is 15.8 Å². The molecule has 0 unspecified atom stereocenters. The summed E-state index contributed by atoms with van der Waals surface area (Å²) in [5.74, 6) is 0. The van der Waals surface area contributed by atoms with E-state index in [0.29, 0.717) is 0 Å². The van der Waals surface area contributed by atoms with Crippen molar-refractivity contribution < 1.29 is 0 Å². The Bertz CT molecular complexity index is 563. The monoisotopic (exact) mass is 276 g/mol. The zero-order valence-corrected chi connectivity index (χ0v) is 11.4. The summed E-state index contributed by atoms with van der Waals surface area (Å²) in [5, 5.41) is 2.08. The van der Waals surface area contributed by atoms with Crippen molar-refractivity contribution >= 4 is 34.5 Å². The lowest BCUT2D eigenvalue weighted by atomic mass is 10.1. The van der Waals surface area contributed by atoms with E-state index in [1.807, 2.05) is 12.1 Å². The molecule has 1 aromatic heterocycles. The zero-order chi connectivity index (χ0) is 12.4. The van der Waals surface area contributed by atoms with Crippen molar-refractivity contribution in [2.75, 3.05) is 17.5 Å². The van der Waals surface area contributed by atoms with Crippen molar-refractivity contribution in [3.05, 3.63) is 52.2 Å². The van der Waals surface area contributed by atoms with Gasteiger partial charge in [-0.15, -0.1) is 11.3 Å². The Hall–Kier alpha value is -1.32. The standard InChI is InChI=1S/C14H13ClN2S/c15-17-9-4-8-16-14(13-7-3-10-18-13)11-5-1-2-6-12(11)17/h1-3,5-7,10H,4,8-9H2/b16-14+. The number of fused-ring (bicyclic) bond motifs is 1. The van der Waals surface area contributed by atoms with Gasteiger partial charge in [0.25, 0.3) is 0 Å². The molecule has 0 saturated carbocycles. The van der Waals surface area contributed by atoms with Crippen molar-refractivity contribution in [1.29, 1.82) is 0 Å². The molecule has 0 spiro atoms. The molecule has 18 heavy (non-hydrogen) atoms. The number of para-hydroxylation sites is 1. The summed E-state index contributed by atoms with van der Waals surface area (Å²) in [4.78, 5) is 5.95. The van der Waals surface area contributed by atoms with E-state index in [0.717, 1.165) is 36.5 Å². The second-order valence-corrected chi connectivity index (χ2v) is 5.52. The molecule has 0 aliphatic carbocycles. The van der Waals surface area contributed by atoms with Crippen molar-refractivity contribution in [2.45, 2.75) is 6.42 Å². The van der Waals surface area contributed by atoms with Gasteiger partial charge in [-0.1, -0.05) is 24.3 Å². The summed E-state index contributed by atoms with van der Waals surface area (Å²) >= 11 is 8.05. The quantitative estimate of drug-likeness (QED) is 0.720. The van der Waals surface area contributed by atoms with Crippen LogP contribution in [-0.4, -0.2) is 18.8 Å². The van der Waals surface area contributed by atoms with E-state index < -0.39 is 0 Å². The fourth-order valence-electron chi connectivity index (χ4n) is 2.12. The van der Waals surface area contributed by atoms with Crippen LogP contribution in [0.15, 0.2) is 46.8 Å². The van der Waals surface area contributed by atoms with Crippen LogP contribution in [0.25, 0.3) is 0 Å². The third-order valence-electron chi connectivity index (χ3n) is 2.96. The number of halogens is 1. The molecular formula is C14H13ClN2S. The first-order valence-electron chi connectivity index (χ1n) is 5.97. The highest BCUT2D eigenvalue weighted by Crippen LogP contribution is 2.28. The molecule has 0 saturated heterocycles. The molecule has 1 aliphatic rings. The molecule has 4 heteroatoms. The fraction of sp³-hybridized carbons (Fsp3) is 0.214. The Morgan fingerprint density at radius 1 is 1.17 bits per heavy atom. The van der Waals surface area contributed by atoms with Crippen molar-refractivity contribution in [3.8, 4) is 0 Å². The second kappa shape index (κ2) is 5.12. The lowest BCUT2D eigenvalue weighted by molar-refractivity contribution is 0.836. The molecule has 0 bridgehead atoms. The summed E-state index contributed by atoms with van der Waals surface area (Å²) in [5.41, 5.74) is 3.23. The SMILES string of the molecule is ClN1CCC/N=C(/c2cccs2)c2ccccc21. The summed E-state index contributed by atoms with van der Waals surface area (Å²) in [6, 6.07) is 12.4. The van der Waals surface area contributed by atoms with E-state index in [2.05, 4.69) is 29.6 Å². The van der Waals surface area contributed by atoms with E-state index in [9.17, 15) is 0 Å². The summed E-state index contributed by atoms with van der Waals surface area (Å²) in [6.45, 7) is 1.66.